The molecule has 0 amide bonds. The van der Waals surface area contributed by atoms with E-state index in [0.29, 0.717) is 30.3 Å². The molecule has 0 saturated carbocycles. The molecule has 1 saturated heterocycles. The summed E-state index contributed by atoms with van der Waals surface area (Å²) in [4.78, 5) is 12.4. The number of nitrogens with one attached hydrogen (secondary N) is 1. The smallest absolute Gasteiger partial charge is 0.179 e. The predicted molar refractivity (Wildman–Crippen MR) is 78.2 cm³/mol. The van der Waals surface area contributed by atoms with E-state index in [9.17, 15) is 4.79 Å². The van der Waals surface area contributed by atoms with Crippen molar-refractivity contribution in [2.75, 3.05) is 26.4 Å². The Labute approximate surface area is 124 Å². The summed E-state index contributed by atoms with van der Waals surface area (Å²) in [6.45, 7) is 4.51. The van der Waals surface area contributed by atoms with Crippen LogP contribution in [-0.2, 0) is 4.74 Å². The summed E-state index contributed by atoms with van der Waals surface area (Å²) in [5.41, 5.74) is 0.645. The lowest BCUT2D eigenvalue weighted by Crippen LogP contribution is -2.38. The van der Waals surface area contributed by atoms with E-state index in [1.54, 1.807) is 18.2 Å². The van der Waals surface area contributed by atoms with Crippen molar-refractivity contribution in [3.05, 3.63) is 23.8 Å². The quantitative estimate of drug-likeness (QED) is 0.838. The van der Waals surface area contributed by atoms with Crippen LogP contribution in [0, 0.1) is 0 Å². The highest BCUT2D eigenvalue weighted by Gasteiger charge is 2.21. The van der Waals surface area contributed by atoms with Crippen LogP contribution in [-0.4, -0.2) is 44.3 Å². The van der Waals surface area contributed by atoms with Crippen molar-refractivity contribution in [3.8, 4) is 11.5 Å². The third-order valence-corrected chi connectivity index (χ3v) is 3.90. The van der Waals surface area contributed by atoms with Gasteiger partial charge in [0.2, 0.25) is 0 Å². The summed E-state index contributed by atoms with van der Waals surface area (Å²) in [5.74, 6) is 1.42. The molecule has 1 aromatic rings. The highest BCUT2D eigenvalue weighted by atomic mass is 16.6. The molecule has 2 aliphatic heterocycles. The zero-order valence-corrected chi connectivity index (χ0v) is 12.3. The van der Waals surface area contributed by atoms with Crippen molar-refractivity contribution in [2.45, 2.75) is 31.9 Å². The maximum Gasteiger partial charge on any atom is 0.179 e. The molecule has 3 rings (SSSR count). The molecule has 2 atom stereocenters. The lowest BCUT2D eigenvalue weighted by Gasteiger charge is -2.20. The van der Waals surface area contributed by atoms with E-state index in [-0.39, 0.29) is 17.9 Å². The molecule has 1 fully saturated rings. The molecule has 1 aromatic carbocycles. The van der Waals surface area contributed by atoms with Gasteiger partial charge >= 0.3 is 0 Å². The van der Waals surface area contributed by atoms with Crippen LogP contribution in [0.15, 0.2) is 18.2 Å². The van der Waals surface area contributed by atoms with Crippen molar-refractivity contribution in [3.63, 3.8) is 0 Å². The van der Waals surface area contributed by atoms with Crippen LogP contribution in [0.25, 0.3) is 0 Å². The van der Waals surface area contributed by atoms with Crippen LogP contribution in [0.1, 0.15) is 30.1 Å². The highest BCUT2D eigenvalue weighted by molar-refractivity contribution is 6.00. The van der Waals surface area contributed by atoms with Gasteiger partial charge in [-0.25, -0.2) is 0 Å². The molecule has 114 valence electrons. The topological polar surface area (TPSA) is 56.8 Å². The molecule has 5 nitrogen and oxygen atoms in total. The van der Waals surface area contributed by atoms with Gasteiger partial charge in [0.05, 0.1) is 12.1 Å². The maximum atomic E-state index is 12.4. The number of hydrogen-bond donors (Lipinski definition) is 1. The van der Waals surface area contributed by atoms with Crippen molar-refractivity contribution < 1.29 is 19.0 Å². The molecule has 0 radical (unpaired) electrons. The molecule has 2 aliphatic rings. The summed E-state index contributed by atoms with van der Waals surface area (Å²) in [6.07, 6.45) is 2.41. The van der Waals surface area contributed by atoms with Gasteiger partial charge in [-0.2, -0.15) is 0 Å². The number of fused-ring (bicyclic) bond motifs is 1. The van der Waals surface area contributed by atoms with Gasteiger partial charge in [0.15, 0.2) is 17.3 Å². The van der Waals surface area contributed by atoms with Crippen LogP contribution in [0.5, 0.6) is 11.5 Å². The minimum Gasteiger partial charge on any atom is -0.486 e. The van der Waals surface area contributed by atoms with Crippen LogP contribution in [0.4, 0.5) is 0 Å². The Hall–Kier alpha value is -1.59. The molecule has 2 unspecified atom stereocenters. The minimum absolute atomic E-state index is 0.0602. The average molecular weight is 291 g/mol. The Morgan fingerprint density at radius 3 is 2.86 bits per heavy atom. The number of benzene rings is 1. The SMILES string of the molecule is CC(NCC1CCCO1)C(=O)c1ccc2c(c1)OCCO2. The van der Waals surface area contributed by atoms with Gasteiger partial charge in [-0.3, -0.25) is 4.79 Å². The van der Waals surface area contributed by atoms with Crippen molar-refractivity contribution in [1.29, 1.82) is 0 Å². The molecule has 0 bridgehead atoms. The van der Waals surface area contributed by atoms with Crippen molar-refractivity contribution in [1.82, 2.24) is 5.32 Å². The summed E-state index contributed by atoms with van der Waals surface area (Å²) in [5, 5.41) is 3.26. The first-order valence-corrected chi connectivity index (χ1v) is 7.53. The maximum absolute atomic E-state index is 12.4. The zero-order chi connectivity index (χ0) is 14.7. The summed E-state index contributed by atoms with van der Waals surface area (Å²) >= 11 is 0. The van der Waals surface area contributed by atoms with Gasteiger partial charge in [-0.15, -0.1) is 0 Å². The van der Waals surface area contributed by atoms with Gasteiger partial charge in [-0.1, -0.05) is 0 Å². The number of Topliss-reactive ketones (excluding diaryl/α,β-unsaturated/α-hetero) is 1. The van der Waals surface area contributed by atoms with Gasteiger partial charge in [0.1, 0.15) is 13.2 Å². The number of ether oxygens (including phenoxy) is 3. The summed E-state index contributed by atoms with van der Waals surface area (Å²) < 4.78 is 16.5. The molecule has 5 heteroatoms. The second-order valence-electron chi connectivity index (χ2n) is 5.49. The molecular weight excluding hydrogens is 270 g/mol. The number of hydrogen-bond acceptors (Lipinski definition) is 5. The number of ketones is 1. The number of carbonyl (C=O) groups excluding carboxylic acids is 1. The highest BCUT2D eigenvalue weighted by Crippen LogP contribution is 2.31. The van der Waals surface area contributed by atoms with Crippen LogP contribution < -0.4 is 14.8 Å². The Kier molecular flexibility index (Phi) is 4.41. The second-order valence-corrected chi connectivity index (χ2v) is 5.49. The van der Waals surface area contributed by atoms with Crippen molar-refractivity contribution in [2.24, 2.45) is 0 Å². The molecule has 0 aliphatic carbocycles. The van der Waals surface area contributed by atoms with E-state index >= 15 is 0 Å². The Bertz CT molecular complexity index is 511. The minimum atomic E-state index is -0.239. The van der Waals surface area contributed by atoms with E-state index in [4.69, 9.17) is 14.2 Å². The molecule has 21 heavy (non-hydrogen) atoms. The summed E-state index contributed by atoms with van der Waals surface area (Å²) in [6, 6.07) is 5.12. The standard InChI is InChI=1S/C16H21NO4/c1-11(17-10-13-3-2-6-19-13)16(18)12-4-5-14-15(9-12)21-8-7-20-14/h4-5,9,11,13,17H,2-3,6-8,10H2,1H3. The fourth-order valence-corrected chi connectivity index (χ4v) is 2.65. The normalized spacial score (nSPS) is 22.0. The van der Waals surface area contributed by atoms with Crippen LogP contribution in [0.3, 0.4) is 0 Å². The first kappa shape index (κ1) is 14.4. The van der Waals surface area contributed by atoms with E-state index in [2.05, 4.69) is 5.32 Å². The third kappa shape index (κ3) is 3.36. The van der Waals surface area contributed by atoms with Gasteiger partial charge in [0.25, 0.3) is 0 Å². The number of rotatable bonds is 5. The monoisotopic (exact) mass is 291 g/mol. The number of carbonyl (C=O) groups is 1. The molecule has 0 aromatic heterocycles. The van der Waals surface area contributed by atoms with E-state index < -0.39 is 0 Å². The van der Waals surface area contributed by atoms with Gasteiger partial charge < -0.3 is 19.5 Å². The summed E-state index contributed by atoms with van der Waals surface area (Å²) in [7, 11) is 0. The average Bonchev–Trinajstić information content (AvgIpc) is 3.05. The first-order valence-electron chi connectivity index (χ1n) is 7.53. The van der Waals surface area contributed by atoms with E-state index in [1.165, 1.54) is 0 Å². The van der Waals surface area contributed by atoms with E-state index in [1.807, 2.05) is 6.92 Å². The lowest BCUT2D eigenvalue weighted by molar-refractivity contribution is 0.0901. The fourth-order valence-electron chi connectivity index (χ4n) is 2.65. The van der Waals surface area contributed by atoms with Crippen LogP contribution in [0.2, 0.25) is 0 Å². The van der Waals surface area contributed by atoms with E-state index in [0.717, 1.165) is 26.0 Å². The Balaban J connectivity index is 1.60. The third-order valence-electron chi connectivity index (χ3n) is 3.90. The first-order chi connectivity index (χ1) is 10.2. The van der Waals surface area contributed by atoms with Crippen LogP contribution >= 0.6 is 0 Å². The van der Waals surface area contributed by atoms with Gasteiger partial charge in [-0.05, 0) is 38.0 Å². The zero-order valence-electron chi connectivity index (χ0n) is 12.3. The Morgan fingerprint density at radius 1 is 1.29 bits per heavy atom. The molecule has 1 N–H and O–H groups in total. The largest absolute Gasteiger partial charge is 0.486 e. The second kappa shape index (κ2) is 6.45. The van der Waals surface area contributed by atoms with Crippen molar-refractivity contribution >= 4 is 5.78 Å². The fraction of sp³-hybridized carbons (Fsp3) is 0.562. The predicted octanol–water partition coefficient (Wildman–Crippen LogP) is 1.80. The van der Waals surface area contributed by atoms with Gasteiger partial charge in [0, 0.05) is 18.7 Å². The molecule has 2 heterocycles. The molecular formula is C16H21NO4. The lowest BCUT2D eigenvalue weighted by atomic mass is 10.0. The molecule has 0 spiro atoms. The Morgan fingerprint density at radius 2 is 2.10 bits per heavy atom.